The second-order valence-corrected chi connectivity index (χ2v) is 7.04. The van der Waals surface area contributed by atoms with Crippen LogP contribution in [0.15, 0.2) is 18.3 Å². The number of aryl methyl sites for hydroxylation is 1. The molecule has 1 saturated carbocycles. The summed E-state index contributed by atoms with van der Waals surface area (Å²) in [6.45, 7) is 6.38. The molecule has 2 aliphatic heterocycles. The topological polar surface area (TPSA) is 34.6 Å². The molecule has 0 N–H and O–H groups in total. The van der Waals surface area contributed by atoms with Crippen molar-refractivity contribution in [3.05, 3.63) is 24.0 Å². The van der Waals surface area contributed by atoms with E-state index in [2.05, 4.69) is 16.0 Å². The summed E-state index contributed by atoms with van der Waals surface area (Å²) in [4.78, 5) is 7.06. The van der Waals surface area contributed by atoms with Gasteiger partial charge in [0.2, 0.25) is 0 Å². The van der Waals surface area contributed by atoms with Crippen LogP contribution in [-0.4, -0.2) is 48.3 Å². The molecule has 3 atom stereocenters. The Labute approximate surface area is 132 Å². The number of hydrogen-bond acceptors (Lipinski definition) is 4. The number of nitrogens with zero attached hydrogens (tertiary/aromatic N) is 2. The van der Waals surface area contributed by atoms with Gasteiger partial charge in [-0.25, -0.2) is 0 Å². The van der Waals surface area contributed by atoms with Crippen molar-refractivity contribution in [1.82, 2.24) is 9.88 Å². The summed E-state index contributed by atoms with van der Waals surface area (Å²) in [6, 6.07) is 4.76. The first-order chi connectivity index (χ1) is 10.8. The quantitative estimate of drug-likeness (QED) is 0.860. The minimum absolute atomic E-state index is 0.373. The van der Waals surface area contributed by atoms with E-state index in [1.54, 1.807) is 0 Å². The van der Waals surface area contributed by atoms with Crippen LogP contribution in [0.25, 0.3) is 0 Å². The first kappa shape index (κ1) is 14.5. The van der Waals surface area contributed by atoms with Crippen LogP contribution >= 0.6 is 0 Å². The molecule has 0 amide bonds. The number of fused-ring (bicyclic) bond motifs is 1. The average molecular weight is 302 g/mol. The Bertz CT molecular complexity index is 516. The molecule has 0 aromatic carbocycles. The predicted octanol–water partition coefficient (Wildman–Crippen LogP) is 2.66. The van der Waals surface area contributed by atoms with Gasteiger partial charge in [-0.1, -0.05) is 0 Å². The van der Waals surface area contributed by atoms with E-state index < -0.39 is 0 Å². The normalized spacial score (nSPS) is 33.0. The Morgan fingerprint density at radius 1 is 1.18 bits per heavy atom. The van der Waals surface area contributed by atoms with Gasteiger partial charge in [0.1, 0.15) is 11.9 Å². The van der Waals surface area contributed by atoms with Gasteiger partial charge >= 0.3 is 0 Å². The average Bonchev–Trinajstić information content (AvgIpc) is 3.12. The zero-order valence-electron chi connectivity index (χ0n) is 13.4. The van der Waals surface area contributed by atoms with Crippen LogP contribution in [0, 0.1) is 18.8 Å². The van der Waals surface area contributed by atoms with Gasteiger partial charge in [-0.3, -0.25) is 9.88 Å². The fourth-order valence-electron chi connectivity index (χ4n) is 4.50. The molecule has 0 unspecified atom stereocenters. The van der Waals surface area contributed by atoms with Crippen LogP contribution < -0.4 is 4.74 Å². The lowest BCUT2D eigenvalue weighted by Gasteiger charge is -2.32. The second-order valence-electron chi connectivity index (χ2n) is 7.04. The summed E-state index contributed by atoms with van der Waals surface area (Å²) in [5.41, 5.74) is 1.00. The lowest BCUT2D eigenvalue weighted by atomic mass is 9.99. The van der Waals surface area contributed by atoms with Gasteiger partial charge in [0.15, 0.2) is 0 Å². The highest BCUT2D eigenvalue weighted by atomic mass is 16.5. The van der Waals surface area contributed by atoms with Crippen LogP contribution in [0.3, 0.4) is 0 Å². The molecule has 3 fully saturated rings. The molecule has 1 aromatic rings. The standard InChI is InChI=1S/C18H26N2O2/c1-13-17(3-2-8-19-13)22-18-5-4-14-11-20(12-16(14)18)15-6-9-21-10-7-15/h2-3,8,14-16,18H,4-7,9-12H2,1H3/t14-,16+,18-/m1/s1. The molecule has 1 aromatic heterocycles. The Morgan fingerprint density at radius 2 is 2.05 bits per heavy atom. The molecule has 22 heavy (non-hydrogen) atoms. The lowest BCUT2D eigenvalue weighted by Crippen LogP contribution is -2.39. The van der Waals surface area contributed by atoms with E-state index >= 15 is 0 Å². The molecule has 0 spiro atoms. The third-order valence-electron chi connectivity index (χ3n) is 5.76. The minimum Gasteiger partial charge on any atom is -0.488 e. The Kier molecular flexibility index (Phi) is 4.05. The number of rotatable bonds is 3. The molecule has 0 bridgehead atoms. The van der Waals surface area contributed by atoms with Gasteiger partial charge < -0.3 is 9.47 Å². The molecular weight excluding hydrogens is 276 g/mol. The SMILES string of the molecule is Cc1ncccc1O[C@@H]1CC[C@@H]2CN(C3CCOCC3)C[C@@H]21. The minimum atomic E-state index is 0.373. The highest BCUT2D eigenvalue weighted by molar-refractivity contribution is 5.26. The largest absolute Gasteiger partial charge is 0.488 e. The third-order valence-corrected chi connectivity index (χ3v) is 5.76. The fourth-order valence-corrected chi connectivity index (χ4v) is 4.50. The maximum atomic E-state index is 6.34. The van der Waals surface area contributed by atoms with Crippen molar-refractivity contribution < 1.29 is 9.47 Å². The summed E-state index contributed by atoms with van der Waals surface area (Å²) < 4.78 is 11.9. The number of hydrogen-bond donors (Lipinski definition) is 0. The van der Waals surface area contributed by atoms with E-state index in [1.165, 1.54) is 38.8 Å². The molecular formula is C18H26N2O2. The number of pyridine rings is 1. The van der Waals surface area contributed by atoms with Crippen LogP contribution in [0.5, 0.6) is 5.75 Å². The molecule has 1 aliphatic carbocycles. The van der Waals surface area contributed by atoms with E-state index in [0.29, 0.717) is 12.0 Å². The number of aromatic nitrogens is 1. The third kappa shape index (κ3) is 2.74. The number of ether oxygens (including phenoxy) is 2. The van der Waals surface area contributed by atoms with E-state index in [-0.39, 0.29) is 0 Å². The molecule has 4 nitrogen and oxygen atoms in total. The van der Waals surface area contributed by atoms with E-state index in [9.17, 15) is 0 Å². The second kappa shape index (κ2) is 6.17. The van der Waals surface area contributed by atoms with Crippen molar-refractivity contribution in [1.29, 1.82) is 0 Å². The van der Waals surface area contributed by atoms with Crippen molar-refractivity contribution in [3.8, 4) is 5.75 Å². The molecule has 4 heteroatoms. The zero-order chi connectivity index (χ0) is 14.9. The van der Waals surface area contributed by atoms with Crippen LogP contribution in [-0.2, 0) is 4.74 Å². The van der Waals surface area contributed by atoms with Crippen molar-refractivity contribution in [3.63, 3.8) is 0 Å². The van der Waals surface area contributed by atoms with Crippen LogP contribution in [0.1, 0.15) is 31.4 Å². The summed E-state index contributed by atoms with van der Waals surface area (Å²) in [6.07, 6.45) is 7.12. The zero-order valence-corrected chi connectivity index (χ0v) is 13.4. The Balaban J connectivity index is 1.41. The molecule has 0 radical (unpaired) electrons. The maximum Gasteiger partial charge on any atom is 0.140 e. The van der Waals surface area contributed by atoms with Crippen molar-refractivity contribution in [2.24, 2.45) is 11.8 Å². The molecule has 3 aliphatic rings. The van der Waals surface area contributed by atoms with Gasteiger partial charge in [-0.05, 0) is 50.7 Å². The first-order valence-electron chi connectivity index (χ1n) is 8.71. The van der Waals surface area contributed by atoms with Gasteiger partial charge in [-0.2, -0.15) is 0 Å². The van der Waals surface area contributed by atoms with Gasteiger partial charge in [-0.15, -0.1) is 0 Å². The van der Waals surface area contributed by atoms with Crippen molar-refractivity contribution >= 4 is 0 Å². The van der Waals surface area contributed by atoms with Crippen molar-refractivity contribution in [2.45, 2.75) is 44.8 Å². The van der Waals surface area contributed by atoms with E-state index in [1.807, 2.05) is 19.2 Å². The molecule has 4 rings (SSSR count). The molecule has 3 heterocycles. The summed E-state index contributed by atoms with van der Waals surface area (Å²) in [5, 5.41) is 0. The highest BCUT2D eigenvalue weighted by Gasteiger charge is 2.45. The van der Waals surface area contributed by atoms with Gasteiger partial charge in [0, 0.05) is 44.5 Å². The molecule has 120 valence electrons. The summed E-state index contributed by atoms with van der Waals surface area (Å²) >= 11 is 0. The van der Waals surface area contributed by atoms with Crippen LogP contribution in [0.2, 0.25) is 0 Å². The fraction of sp³-hybridized carbons (Fsp3) is 0.722. The Hall–Kier alpha value is -1.13. The Morgan fingerprint density at radius 3 is 2.86 bits per heavy atom. The van der Waals surface area contributed by atoms with Crippen molar-refractivity contribution in [2.75, 3.05) is 26.3 Å². The maximum absolute atomic E-state index is 6.34. The predicted molar refractivity (Wildman–Crippen MR) is 85.0 cm³/mol. The highest BCUT2D eigenvalue weighted by Crippen LogP contribution is 2.41. The smallest absolute Gasteiger partial charge is 0.140 e. The molecule has 2 saturated heterocycles. The number of likely N-dealkylation sites (tertiary alicyclic amines) is 1. The first-order valence-corrected chi connectivity index (χ1v) is 8.71. The lowest BCUT2D eigenvalue weighted by molar-refractivity contribution is 0.0369. The van der Waals surface area contributed by atoms with Crippen LogP contribution in [0.4, 0.5) is 0 Å². The van der Waals surface area contributed by atoms with E-state index in [0.717, 1.165) is 36.6 Å². The monoisotopic (exact) mass is 302 g/mol. The summed E-state index contributed by atoms with van der Waals surface area (Å²) in [7, 11) is 0. The van der Waals surface area contributed by atoms with E-state index in [4.69, 9.17) is 9.47 Å². The van der Waals surface area contributed by atoms with Gasteiger partial charge in [0.25, 0.3) is 0 Å². The van der Waals surface area contributed by atoms with Gasteiger partial charge in [0.05, 0.1) is 5.69 Å². The summed E-state index contributed by atoms with van der Waals surface area (Å²) in [5.74, 6) is 2.49.